The summed E-state index contributed by atoms with van der Waals surface area (Å²) in [6.45, 7) is 3.55. The lowest BCUT2D eigenvalue weighted by Gasteiger charge is -2.14. The molecule has 0 saturated heterocycles. The Morgan fingerprint density at radius 1 is 1.39 bits per heavy atom. The van der Waals surface area contributed by atoms with E-state index in [9.17, 15) is 9.90 Å². The zero-order valence-electron chi connectivity index (χ0n) is 10.5. The summed E-state index contributed by atoms with van der Waals surface area (Å²) in [6.07, 6.45) is 0.0855. The van der Waals surface area contributed by atoms with E-state index in [0.29, 0.717) is 17.8 Å². The molecule has 18 heavy (non-hydrogen) atoms. The van der Waals surface area contributed by atoms with E-state index in [-0.39, 0.29) is 11.9 Å². The molecule has 0 fully saturated rings. The number of fused-ring (bicyclic) bond motifs is 1. The molecule has 2 aromatic rings. The highest BCUT2D eigenvalue weighted by Gasteiger charge is 2.15. The Balaban J connectivity index is 2.09. The average molecular weight is 247 g/mol. The summed E-state index contributed by atoms with van der Waals surface area (Å²) in [7, 11) is 0. The van der Waals surface area contributed by atoms with Crippen LogP contribution in [0.3, 0.4) is 0 Å². The Morgan fingerprint density at radius 2 is 2.11 bits per heavy atom. The molecule has 4 nitrogen and oxygen atoms in total. The molecule has 96 valence electrons. The fraction of sp³-hybridized carbons (Fsp3) is 0.357. The predicted molar refractivity (Wildman–Crippen MR) is 69.4 cm³/mol. The quantitative estimate of drug-likeness (QED) is 0.871. The molecule has 1 heterocycles. The number of carbonyl (C=O) groups is 1. The molecular weight excluding hydrogens is 230 g/mol. The van der Waals surface area contributed by atoms with Crippen LogP contribution in [0.5, 0.6) is 0 Å². The average Bonchev–Trinajstić information content (AvgIpc) is 2.71. The third kappa shape index (κ3) is 2.90. The first-order valence-electron chi connectivity index (χ1n) is 6.04. The minimum atomic E-state index is -0.434. The molecule has 1 aromatic carbocycles. The normalized spacial score (nSPS) is 14.4. The molecule has 2 rings (SSSR count). The summed E-state index contributed by atoms with van der Waals surface area (Å²) in [6, 6.07) is 9.12. The van der Waals surface area contributed by atoms with Crippen molar-refractivity contribution in [2.24, 2.45) is 0 Å². The number of rotatable bonds is 4. The fourth-order valence-electron chi connectivity index (χ4n) is 1.96. The number of furan rings is 1. The molecule has 0 aliphatic heterocycles. The first-order valence-corrected chi connectivity index (χ1v) is 6.04. The molecule has 0 radical (unpaired) electrons. The lowest BCUT2D eigenvalue weighted by atomic mass is 10.1. The van der Waals surface area contributed by atoms with Crippen LogP contribution in [0.25, 0.3) is 11.0 Å². The predicted octanol–water partition coefficient (Wildman–Crippen LogP) is 2.32. The van der Waals surface area contributed by atoms with Crippen LogP contribution in [0.2, 0.25) is 0 Å². The Morgan fingerprint density at radius 3 is 2.78 bits per heavy atom. The number of aliphatic hydroxyl groups is 1. The Hall–Kier alpha value is -1.81. The largest absolute Gasteiger partial charge is 0.451 e. The summed E-state index contributed by atoms with van der Waals surface area (Å²) in [5.41, 5.74) is 0.700. The van der Waals surface area contributed by atoms with E-state index in [4.69, 9.17) is 4.42 Å². The van der Waals surface area contributed by atoms with Crippen LogP contribution in [-0.4, -0.2) is 23.2 Å². The van der Waals surface area contributed by atoms with Gasteiger partial charge in [-0.1, -0.05) is 18.2 Å². The lowest BCUT2D eigenvalue weighted by molar-refractivity contribution is 0.0897. The monoisotopic (exact) mass is 247 g/mol. The van der Waals surface area contributed by atoms with Crippen molar-refractivity contribution >= 4 is 16.9 Å². The maximum absolute atomic E-state index is 11.9. The molecule has 2 N–H and O–H groups in total. The van der Waals surface area contributed by atoms with Crippen molar-refractivity contribution in [1.82, 2.24) is 5.32 Å². The maximum Gasteiger partial charge on any atom is 0.287 e. The van der Waals surface area contributed by atoms with Gasteiger partial charge in [0.2, 0.25) is 0 Å². The van der Waals surface area contributed by atoms with Crippen LogP contribution in [-0.2, 0) is 0 Å². The van der Waals surface area contributed by atoms with E-state index in [1.165, 1.54) is 0 Å². The summed E-state index contributed by atoms with van der Waals surface area (Å²) in [4.78, 5) is 11.9. The van der Waals surface area contributed by atoms with Crippen LogP contribution < -0.4 is 5.32 Å². The standard InChI is InChI=1S/C14H17NO3/c1-9(7-10(2)16)15-14(17)13-8-11-5-3-4-6-12(11)18-13/h3-6,8-10,16H,7H2,1-2H3,(H,15,17). The van der Waals surface area contributed by atoms with Gasteiger partial charge in [-0.2, -0.15) is 0 Å². The van der Waals surface area contributed by atoms with Gasteiger partial charge in [-0.15, -0.1) is 0 Å². The van der Waals surface area contributed by atoms with Gasteiger partial charge in [-0.3, -0.25) is 4.79 Å². The fourth-order valence-corrected chi connectivity index (χ4v) is 1.96. The number of amides is 1. The topological polar surface area (TPSA) is 62.5 Å². The SMILES string of the molecule is CC(O)CC(C)NC(=O)c1cc2ccccc2o1. The second-order valence-corrected chi connectivity index (χ2v) is 4.61. The summed E-state index contributed by atoms with van der Waals surface area (Å²) in [5, 5.41) is 12.9. The van der Waals surface area contributed by atoms with Gasteiger partial charge in [0.15, 0.2) is 5.76 Å². The molecule has 2 atom stereocenters. The number of hydrogen-bond acceptors (Lipinski definition) is 3. The van der Waals surface area contributed by atoms with E-state index in [2.05, 4.69) is 5.32 Å². The summed E-state index contributed by atoms with van der Waals surface area (Å²) >= 11 is 0. The second kappa shape index (κ2) is 5.23. The molecular formula is C14H17NO3. The first-order chi connectivity index (χ1) is 8.56. The third-order valence-corrected chi connectivity index (χ3v) is 2.72. The van der Waals surface area contributed by atoms with Gasteiger partial charge >= 0.3 is 0 Å². The molecule has 0 bridgehead atoms. The zero-order chi connectivity index (χ0) is 13.1. The van der Waals surface area contributed by atoms with Crippen molar-refractivity contribution in [3.05, 3.63) is 36.1 Å². The van der Waals surface area contributed by atoms with Crippen molar-refractivity contribution < 1.29 is 14.3 Å². The van der Waals surface area contributed by atoms with Gasteiger partial charge < -0.3 is 14.8 Å². The molecule has 2 unspecified atom stereocenters. The highest BCUT2D eigenvalue weighted by atomic mass is 16.3. The molecule has 1 aromatic heterocycles. The van der Waals surface area contributed by atoms with Gasteiger partial charge in [0.25, 0.3) is 5.91 Å². The van der Waals surface area contributed by atoms with Gasteiger partial charge in [0.1, 0.15) is 5.58 Å². The number of aliphatic hydroxyl groups excluding tert-OH is 1. The van der Waals surface area contributed by atoms with Crippen molar-refractivity contribution in [3.8, 4) is 0 Å². The van der Waals surface area contributed by atoms with E-state index in [1.807, 2.05) is 31.2 Å². The zero-order valence-corrected chi connectivity index (χ0v) is 10.5. The number of para-hydroxylation sites is 1. The number of carbonyl (C=O) groups excluding carboxylic acids is 1. The Kier molecular flexibility index (Phi) is 3.67. The van der Waals surface area contributed by atoms with Crippen LogP contribution in [0, 0.1) is 0 Å². The lowest BCUT2D eigenvalue weighted by Crippen LogP contribution is -2.34. The van der Waals surface area contributed by atoms with E-state index in [1.54, 1.807) is 13.0 Å². The van der Waals surface area contributed by atoms with Gasteiger partial charge in [-0.25, -0.2) is 0 Å². The van der Waals surface area contributed by atoms with Crippen LogP contribution >= 0.6 is 0 Å². The number of hydrogen-bond donors (Lipinski definition) is 2. The molecule has 0 spiro atoms. The molecule has 0 aliphatic rings. The smallest absolute Gasteiger partial charge is 0.287 e. The highest BCUT2D eigenvalue weighted by Crippen LogP contribution is 2.18. The Labute approximate surface area is 106 Å². The van der Waals surface area contributed by atoms with E-state index >= 15 is 0 Å². The Bertz CT molecular complexity index is 512. The summed E-state index contributed by atoms with van der Waals surface area (Å²) in [5.74, 6) is 0.0491. The van der Waals surface area contributed by atoms with Crippen molar-refractivity contribution in [3.63, 3.8) is 0 Å². The molecule has 4 heteroatoms. The summed E-state index contributed by atoms with van der Waals surface area (Å²) < 4.78 is 5.46. The maximum atomic E-state index is 11.9. The van der Waals surface area contributed by atoms with Gasteiger partial charge in [0.05, 0.1) is 6.10 Å². The second-order valence-electron chi connectivity index (χ2n) is 4.61. The third-order valence-electron chi connectivity index (χ3n) is 2.72. The van der Waals surface area contributed by atoms with Gasteiger partial charge in [0, 0.05) is 11.4 Å². The minimum absolute atomic E-state index is 0.0919. The van der Waals surface area contributed by atoms with Crippen LogP contribution in [0.15, 0.2) is 34.7 Å². The number of benzene rings is 1. The number of nitrogens with one attached hydrogen (secondary N) is 1. The van der Waals surface area contributed by atoms with Gasteiger partial charge in [-0.05, 0) is 32.4 Å². The van der Waals surface area contributed by atoms with Crippen LogP contribution in [0.4, 0.5) is 0 Å². The van der Waals surface area contributed by atoms with E-state index in [0.717, 1.165) is 5.39 Å². The van der Waals surface area contributed by atoms with Crippen molar-refractivity contribution in [1.29, 1.82) is 0 Å². The van der Waals surface area contributed by atoms with E-state index < -0.39 is 6.10 Å². The van der Waals surface area contributed by atoms with Crippen molar-refractivity contribution in [2.75, 3.05) is 0 Å². The molecule has 1 amide bonds. The van der Waals surface area contributed by atoms with Crippen molar-refractivity contribution in [2.45, 2.75) is 32.4 Å². The first kappa shape index (κ1) is 12.6. The minimum Gasteiger partial charge on any atom is -0.451 e. The molecule has 0 saturated carbocycles. The molecule has 0 aliphatic carbocycles. The van der Waals surface area contributed by atoms with Crippen LogP contribution in [0.1, 0.15) is 30.8 Å². The highest BCUT2D eigenvalue weighted by molar-refractivity contribution is 5.96.